The zero-order chi connectivity index (χ0) is 38.3. The summed E-state index contributed by atoms with van der Waals surface area (Å²) in [5.41, 5.74) is 13.8. The Hall–Kier alpha value is -4.13. The molecule has 2 heterocycles. The molecule has 290 valence electrons. The van der Waals surface area contributed by atoms with E-state index in [1.807, 2.05) is 79.4 Å². The van der Waals surface area contributed by atoms with Crippen LogP contribution in [0.4, 0.5) is 0 Å². The van der Waals surface area contributed by atoms with Crippen LogP contribution >= 0.6 is 0 Å². The molecule has 5 atom stereocenters. The molecule has 2 saturated heterocycles. The van der Waals surface area contributed by atoms with Crippen LogP contribution in [0.1, 0.15) is 83.3 Å². The highest BCUT2D eigenvalue weighted by Crippen LogP contribution is 2.27. The Kier molecular flexibility index (Phi) is 16.4. The van der Waals surface area contributed by atoms with Crippen LogP contribution in [0.3, 0.4) is 0 Å². The normalized spacial score (nSPS) is 18.9. The van der Waals surface area contributed by atoms with Gasteiger partial charge in [0.05, 0.1) is 12.1 Å². The fourth-order valence-electron chi connectivity index (χ4n) is 7.60. The van der Waals surface area contributed by atoms with Crippen LogP contribution in [-0.4, -0.2) is 102 Å². The lowest BCUT2D eigenvalue weighted by Crippen LogP contribution is -2.59. The second kappa shape index (κ2) is 20.9. The van der Waals surface area contributed by atoms with E-state index in [0.29, 0.717) is 51.7 Å². The number of rotatable bonds is 19. The Bertz CT molecular complexity index is 1480. The third-order valence-corrected chi connectivity index (χ3v) is 10.5. The van der Waals surface area contributed by atoms with Crippen molar-refractivity contribution >= 4 is 29.4 Å². The summed E-state index contributed by atoms with van der Waals surface area (Å²) in [5.74, 6) is -1.32. The summed E-state index contributed by atoms with van der Waals surface area (Å²) in [6.07, 6.45) is 6.08. The van der Waals surface area contributed by atoms with E-state index in [-0.39, 0.29) is 36.1 Å². The van der Waals surface area contributed by atoms with E-state index < -0.39 is 41.9 Å². The summed E-state index contributed by atoms with van der Waals surface area (Å²) in [4.78, 5) is 71.7. The predicted octanol–water partition coefficient (Wildman–Crippen LogP) is 2.47. The molecule has 2 aliphatic rings. The van der Waals surface area contributed by atoms with Crippen molar-refractivity contribution in [3.63, 3.8) is 0 Å². The van der Waals surface area contributed by atoms with E-state index in [0.717, 1.165) is 43.4 Å². The lowest BCUT2D eigenvalue weighted by molar-refractivity contribution is -0.139. The maximum atomic E-state index is 14.0. The molecule has 0 radical (unpaired) electrons. The highest BCUT2D eigenvalue weighted by atomic mass is 16.2. The van der Waals surface area contributed by atoms with Crippen LogP contribution in [0, 0.1) is 5.92 Å². The largest absolute Gasteiger partial charge is 0.343 e. The van der Waals surface area contributed by atoms with Crippen molar-refractivity contribution in [1.82, 2.24) is 25.8 Å². The van der Waals surface area contributed by atoms with Gasteiger partial charge in [0.25, 0.3) is 0 Å². The van der Waals surface area contributed by atoms with Crippen molar-refractivity contribution in [2.24, 2.45) is 17.4 Å². The zero-order valence-electron chi connectivity index (χ0n) is 31.8. The smallest absolute Gasteiger partial charge is 0.245 e. The lowest BCUT2D eigenvalue weighted by atomic mass is 9.98. The van der Waals surface area contributed by atoms with Gasteiger partial charge in [-0.3, -0.25) is 28.9 Å². The molecule has 0 bridgehead atoms. The van der Waals surface area contributed by atoms with Gasteiger partial charge in [-0.25, -0.2) is 0 Å². The number of carbonyl (C=O) groups is 5. The van der Waals surface area contributed by atoms with Gasteiger partial charge in [0, 0.05) is 25.6 Å². The fraction of sp³-hybridized carbons (Fsp3) is 0.585. The second-order valence-electron chi connectivity index (χ2n) is 15.1. The summed E-state index contributed by atoms with van der Waals surface area (Å²) in [5, 5.41) is 8.77. The molecule has 7 N–H and O–H groups in total. The van der Waals surface area contributed by atoms with Crippen LogP contribution in [0.25, 0.3) is 0 Å². The van der Waals surface area contributed by atoms with E-state index >= 15 is 0 Å². The highest BCUT2D eigenvalue weighted by molar-refractivity contribution is 5.95. The molecular weight excluding hydrogens is 670 g/mol. The number of hydrogen-bond donors (Lipinski definition) is 5. The maximum Gasteiger partial charge on any atom is 0.245 e. The Morgan fingerprint density at radius 2 is 1.30 bits per heavy atom. The van der Waals surface area contributed by atoms with Gasteiger partial charge in [-0.15, -0.1) is 0 Å². The van der Waals surface area contributed by atoms with Crippen LogP contribution in [0.2, 0.25) is 0 Å². The van der Waals surface area contributed by atoms with Gasteiger partial charge in [0.2, 0.25) is 23.6 Å². The Morgan fingerprint density at radius 1 is 0.736 bits per heavy atom. The van der Waals surface area contributed by atoms with Gasteiger partial charge in [-0.2, -0.15) is 0 Å². The summed E-state index contributed by atoms with van der Waals surface area (Å²) < 4.78 is 0. The number of amides is 4. The number of benzene rings is 2. The number of ketones is 1. The van der Waals surface area contributed by atoms with Gasteiger partial charge in [0.15, 0.2) is 0 Å². The fourth-order valence-corrected chi connectivity index (χ4v) is 7.60. The molecular formula is C41H61N7O5. The number of unbranched alkanes of at least 4 members (excludes halogenated alkanes) is 1. The van der Waals surface area contributed by atoms with Crippen molar-refractivity contribution in [2.45, 2.75) is 121 Å². The highest BCUT2D eigenvalue weighted by Gasteiger charge is 2.38. The minimum atomic E-state index is -0.990. The predicted molar refractivity (Wildman–Crippen MR) is 206 cm³/mol. The molecule has 2 fully saturated rings. The van der Waals surface area contributed by atoms with Gasteiger partial charge < -0.3 is 32.3 Å². The third kappa shape index (κ3) is 12.8. The Labute approximate surface area is 315 Å². The molecule has 2 aromatic rings. The standard InChI is InChI=1S/C41H61N7O5/c1-28(2)25-35(46-40(52)36(27-31-15-8-5-9-16-31)45-38(50)33(43)26-30-13-6-4-7-14-30)39(51)44-34(17-10-11-21-42)41(53)47-23-19-32(20-24-47)48-22-12-18-37(48)29(3)49/h4-9,13-16,28,32-37H,10-12,17-27,42-43H2,1-3H3,(H,44,51)(H,45,50)(H,46,52)/t33-,34-,35-,36-,37+/m1/s1. The van der Waals surface area contributed by atoms with Gasteiger partial charge in [-0.1, -0.05) is 74.5 Å². The molecule has 4 amide bonds. The minimum Gasteiger partial charge on any atom is -0.343 e. The van der Waals surface area contributed by atoms with Crippen molar-refractivity contribution in [3.8, 4) is 0 Å². The SMILES string of the molecule is CC(=O)[C@@H]1CCCN1C1CCN(C(=O)[C@@H](CCCCN)NC(=O)[C@@H](CC(C)C)NC(=O)[C@@H](Cc2ccccc2)NC(=O)[C@H](N)Cc2ccccc2)CC1. The van der Waals surface area contributed by atoms with E-state index in [4.69, 9.17) is 11.5 Å². The molecule has 53 heavy (non-hydrogen) atoms. The number of carbonyl (C=O) groups excluding carboxylic acids is 5. The summed E-state index contributed by atoms with van der Waals surface area (Å²) in [6, 6.07) is 15.4. The lowest BCUT2D eigenvalue weighted by Gasteiger charge is -2.40. The summed E-state index contributed by atoms with van der Waals surface area (Å²) in [7, 11) is 0. The average molecular weight is 732 g/mol. The first-order valence-electron chi connectivity index (χ1n) is 19.5. The van der Waals surface area contributed by atoms with Crippen molar-refractivity contribution < 1.29 is 24.0 Å². The number of hydrogen-bond acceptors (Lipinski definition) is 8. The monoisotopic (exact) mass is 731 g/mol. The van der Waals surface area contributed by atoms with Gasteiger partial charge >= 0.3 is 0 Å². The average Bonchev–Trinajstić information content (AvgIpc) is 3.65. The number of nitrogens with one attached hydrogen (secondary N) is 3. The second-order valence-corrected chi connectivity index (χ2v) is 15.1. The minimum absolute atomic E-state index is 0.0368. The molecule has 12 nitrogen and oxygen atoms in total. The zero-order valence-corrected chi connectivity index (χ0v) is 31.8. The van der Waals surface area contributed by atoms with E-state index in [2.05, 4.69) is 20.9 Å². The molecule has 0 spiro atoms. The Morgan fingerprint density at radius 3 is 1.89 bits per heavy atom. The molecule has 2 aromatic carbocycles. The number of nitrogens with two attached hydrogens (primary N) is 2. The molecule has 0 aromatic heterocycles. The van der Waals surface area contributed by atoms with Crippen molar-refractivity contribution in [3.05, 3.63) is 71.8 Å². The third-order valence-electron chi connectivity index (χ3n) is 10.5. The van der Waals surface area contributed by atoms with Crippen LogP contribution in [0.15, 0.2) is 60.7 Å². The van der Waals surface area contributed by atoms with Crippen LogP contribution in [-0.2, 0) is 36.8 Å². The van der Waals surface area contributed by atoms with E-state index in [9.17, 15) is 24.0 Å². The first kappa shape index (κ1) is 41.6. The molecule has 0 unspecified atom stereocenters. The number of likely N-dealkylation sites (tertiary alicyclic amines) is 2. The number of nitrogens with zero attached hydrogens (tertiary/aromatic N) is 2. The van der Waals surface area contributed by atoms with Crippen molar-refractivity contribution in [1.29, 1.82) is 0 Å². The van der Waals surface area contributed by atoms with Gasteiger partial charge in [0.1, 0.15) is 23.9 Å². The molecule has 0 saturated carbocycles. The Balaban J connectivity index is 1.45. The molecule has 0 aliphatic carbocycles. The van der Waals surface area contributed by atoms with Crippen LogP contribution in [0.5, 0.6) is 0 Å². The van der Waals surface area contributed by atoms with Crippen molar-refractivity contribution in [2.75, 3.05) is 26.2 Å². The summed E-state index contributed by atoms with van der Waals surface area (Å²) in [6.45, 7) is 8.06. The molecule has 12 heteroatoms. The van der Waals surface area contributed by atoms with Crippen LogP contribution < -0.4 is 27.4 Å². The van der Waals surface area contributed by atoms with E-state index in [1.54, 1.807) is 6.92 Å². The number of piperidine rings is 1. The molecule has 2 aliphatic heterocycles. The topological polar surface area (TPSA) is 180 Å². The van der Waals surface area contributed by atoms with Gasteiger partial charge in [-0.05, 0) is 94.8 Å². The number of Topliss-reactive ketones (excluding diaryl/α,β-unsaturated/α-hetero) is 1. The first-order chi connectivity index (χ1) is 25.5. The summed E-state index contributed by atoms with van der Waals surface area (Å²) >= 11 is 0. The quantitative estimate of drug-likeness (QED) is 0.137. The maximum absolute atomic E-state index is 14.0. The van der Waals surface area contributed by atoms with E-state index in [1.165, 1.54) is 0 Å². The molecule has 4 rings (SSSR count). The first-order valence-corrected chi connectivity index (χ1v) is 19.5.